The highest BCUT2D eigenvalue weighted by molar-refractivity contribution is 7.88. The van der Waals surface area contributed by atoms with Gasteiger partial charge in [-0.15, -0.1) is 11.3 Å². The maximum Gasteiger partial charge on any atom is 0.263 e. The van der Waals surface area contributed by atoms with Gasteiger partial charge in [0.15, 0.2) is 0 Å². The van der Waals surface area contributed by atoms with Crippen LogP contribution in [0.1, 0.15) is 26.5 Å². The first kappa shape index (κ1) is 18.7. The molecule has 0 spiro atoms. The fourth-order valence-corrected chi connectivity index (χ4v) is 4.72. The summed E-state index contributed by atoms with van der Waals surface area (Å²) in [5.41, 5.74) is 3.21. The van der Waals surface area contributed by atoms with E-state index in [0.717, 1.165) is 16.1 Å². The minimum absolute atomic E-state index is 0.171. The second kappa shape index (κ2) is 7.67. The summed E-state index contributed by atoms with van der Waals surface area (Å²) in [6.07, 6.45) is 0. The average molecular weight is 408 g/mol. The van der Waals surface area contributed by atoms with Gasteiger partial charge in [0.05, 0.1) is 11.4 Å². The van der Waals surface area contributed by atoms with Crippen LogP contribution in [0, 0.1) is 6.92 Å². The molecular formula is C17H17N3O3S3. The lowest BCUT2D eigenvalue weighted by atomic mass is 10.1. The summed E-state index contributed by atoms with van der Waals surface area (Å²) >= 11 is 2.96. The van der Waals surface area contributed by atoms with Crippen molar-refractivity contribution in [3.05, 3.63) is 62.8 Å². The molecule has 0 fully saturated rings. The van der Waals surface area contributed by atoms with E-state index in [0.29, 0.717) is 22.7 Å². The number of hydrogen-bond acceptors (Lipinski definition) is 6. The zero-order valence-electron chi connectivity index (χ0n) is 13.9. The molecule has 3 N–H and O–H groups in total. The molecule has 0 atom stereocenters. The second-order valence-corrected chi connectivity index (χ2v) is 9.15. The van der Waals surface area contributed by atoms with E-state index in [2.05, 4.69) is 10.3 Å². The van der Waals surface area contributed by atoms with Crippen LogP contribution in [0.4, 0.5) is 0 Å². The molecule has 3 rings (SSSR count). The van der Waals surface area contributed by atoms with Gasteiger partial charge >= 0.3 is 0 Å². The zero-order chi connectivity index (χ0) is 18.7. The number of amides is 1. The summed E-state index contributed by atoms with van der Waals surface area (Å²) in [5, 5.41) is 12.7. The zero-order valence-corrected chi connectivity index (χ0v) is 16.4. The Balaban J connectivity index is 1.64. The molecule has 136 valence electrons. The van der Waals surface area contributed by atoms with Crippen molar-refractivity contribution in [3.63, 3.8) is 0 Å². The summed E-state index contributed by atoms with van der Waals surface area (Å²) in [6.45, 7) is 2.17. The number of aryl methyl sites for hydroxylation is 1. The highest BCUT2D eigenvalue weighted by Crippen LogP contribution is 2.29. The van der Waals surface area contributed by atoms with Crippen molar-refractivity contribution in [1.82, 2.24) is 10.3 Å². The van der Waals surface area contributed by atoms with Crippen LogP contribution in [0.2, 0.25) is 0 Å². The molecule has 26 heavy (non-hydrogen) atoms. The second-order valence-electron chi connectivity index (χ2n) is 5.75. The molecule has 0 aliphatic carbocycles. The average Bonchev–Trinajstić information content (AvgIpc) is 3.22. The summed E-state index contributed by atoms with van der Waals surface area (Å²) in [5.74, 6) is -0.375. The van der Waals surface area contributed by atoms with E-state index >= 15 is 0 Å². The van der Waals surface area contributed by atoms with Crippen LogP contribution in [0.15, 0.2) is 41.1 Å². The normalized spacial score (nSPS) is 11.5. The van der Waals surface area contributed by atoms with Crippen LogP contribution in [-0.4, -0.2) is 19.3 Å². The van der Waals surface area contributed by atoms with E-state index in [1.807, 2.05) is 23.8 Å². The Morgan fingerprint density at radius 1 is 1.19 bits per heavy atom. The molecule has 2 aromatic heterocycles. The van der Waals surface area contributed by atoms with Crippen molar-refractivity contribution in [1.29, 1.82) is 0 Å². The standard InChI is InChI=1S/C17H17N3O3S3/c1-11-15(25-17(20-11)14-6-7-24-9-14)16(21)19-8-12-2-4-13(5-3-12)10-26(18,22)23/h2-7,9H,8,10H2,1H3,(H,19,21)(H2,18,22,23). The Morgan fingerprint density at radius 3 is 2.50 bits per heavy atom. The first-order valence-electron chi connectivity index (χ1n) is 7.68. The molecule has 3 aromatic rings. The maximum atomic E-state index is 12.4. The number of thiazole rings is 1. The predicted octanol–water partition coefficient (Wildman–Crippen LogP) is 2.90. The van der Waals surface area contributed by atoms with Crippen LogP contribution in [0.5, 0.6) is 0 Å². The molecule has 0 aliphatic rings. The van der Waals surface area contributed by atoms with Crippen LogP contribution in [0.3, 0.4) is 0 Å². The Kier molecular flexibility index (Phi) is 5.52. The summed E-state index contributed by atoms with van der Waals surface area (Å²) in [7, 11) is -3.55. The SMILES string of the molecule is Cc1nc(-c2ccsc2)sc1C(=O)NCc1ccc(CS(N)(=O)=O)cc1. The lowest BCUT2D eigenvalue weighted by Crippen LogP contribution is -2.22. The van der Waals surface area contributed by atoms with E-state index in [1.54, 1.807) is 35.6 Å². The summed E-state index contributed by atoms with van der Waals surface area (Å²) < 4.78 is 22.2. The largest absolute Gasteiger partial charge is 0.347 e. The Bertz CT molecular complexity index is 1010. The third-order valence-corrected chi connectivity index (χ3v) is 6.24. The maximum absolute atomic E-state index is 12.4. The van der Waals surface area contributed by atoms with E-state index in [-0.39, 0.29) is 11.7 Å². The number of carbonyl (C=O) groups excluding carboxylic acids is 1. The molecule has 9 heteroatoms. The van der Waals surface area contributed by atoms with Gasteiger partial charge in [0.2, 0.25) is 10.0 Å². The van der Waals surface area contributed by atoms with Gasteiger partial charge in [-0.05, 0) is 29.5 Å². The third kappa shape index (κ3) is 4.76. The molecule has 0 unspecified atom stereocenters. The number of nitrogens with two attached hydrogens (primary N) is 1. The van der Waals surface area contributed by atoms with Gasteiger partial charge < -0.3 is 5.32 Å². The number of nitrogens with zero attached hydrogens (tertiary/aromatic N) is 1. The number of hydrogen-bond donors (Lipinski definition) is 2. The highest BCUT2D eigenvalue weighted by Gasteiger charge is 2.16. The van der Waals surface area contributed by atoms with Gasteiger partial charge in [0, 0.05) is 17.5 Å². The number of carbonyl (C=O) groups is 1. The highest BCUT2D eigenvalue weighted by atomic mass is 32.2. The number of aromatic nitrogens is 1. The van der Waals surface area contributed by atoms with Crippen molar-refractivity contribution in [3.8, 4) is 10.6 Å². The molecule has 0 radical (unpaired) electrons. The number of nitrogens with one attached hydrogen (secondary N) is 1. The summed E-state index contributed by atoms with van der Waals surface area (Å²) in [4.78, 5) is 17.5. The molecule has 0 aliphatic heterocycles. The van der Waals surface area contributed by atoms with Gasteiger partial charge in [0.25, 0.3) is 5.91 Å². The van der Waals surface area contributed by atoms with Crippen LogP contribution >= 0.6 is 22.7 Å². The Labute approximate surface area is 159 Å². The molecule has 6 nitrogen and oxygen atoms in total. The van der Waals surface area contributed by atoms with E-state index in [9.17, 15) is 13.2 Å². The number of primary sulfonamides is 1. The topological polar surface area (TPSA) is 102 Å². The van der Waals surface area contributed by atoms with Crippen LogP contribution in [0.25, 0.3) is 10.6 Å². The van der Waals surface area contributed by atoms with Crippen molar-refractivity contribution >= 4 is 38.6 Å². The Hall–Kier alpha value is -2.07. The lowest BCUT2D eigenvalue weighted by Gasteiger charge is -2.06. The molecular weight excluding hydrogens is 390 g/mol. The van der Waals surface area contributed by atoms with Crippen LogP contribution in [-0.2, 0) is 22.3 Å². The van der Waals surface area contributed by atoms with E-state index in [4.69, 9.17) is 5.14 Å². The van der Waals surface area contributed by atoms with Gasteiger partial charge in [-0.1, -0.05) is 24.3 Å². The predicted molar refractivity (Wildman–Crippen MR) is 105 cm³/mol. The van der Waals surface area contributed by atoms with Crippen LogP contribution < -0.4 is 10.5 Å². The smallest absolute Gasteiger partial charge is 0.263 e. The van der Waals surface area contributed by atoms with Gasteiger partial charge in [-0.25, -0.2) is 18.5 Å². The quantitative estimate of drug-likeness (QED) is 0.656. The lowest BCUT2D eigenvalue weighted by molar-refractivity contribution is 0.0954. The first-order valence-corrected chi connectivity index (χ1v) is 11.2. The number of sulfonamides is 1. The van der Waals surface area contributed by atoms with Gasteiger partial charge in [-0.2, -0.15) is 11.3 Å². The minimum atomic E-state index is -3.55. The fraction of sp³-hybridized carbons (Fsp3) is 0.176. The molecule has 1 aromatic carbocycles. The third-order valence-electron chi connectivity index (χ3n) is 3.61. The molecule has 0 bridgehead atoms. The number of thiophene rings is 1. The number of rotatable bonds is 6. The monoisotopic (exact) mass is 407 g/mol. The molecule has 0 saturated carbocycles. The molecule has 0 saturated heterocycles. The summed E-state index contributed by atoms with van der Waals surface area (Å²) in [6, 6.07) is 8.92. The number of benzene rings is 1. The van der Waals surface area contributed by atoms with Gasteiger partial charge in [-0.3, -0.25) is 4.79 Å². The van der Waals surface area contributed by atoms with Crippen molar-refractivity contribution < 1.29 is 13.2 Å². The van der Waals surface area contributed by atoms with Crippen molar-refractivity contribution in [2.24, 2.45) is 5.14 Å². The Morgan fingerprint density at radius 2 is 1.88 bits per heavy atom. The van der Waals surface area contributed by atoms with E-state index in [1.165, 1.54) is 11.3 Å². The minimum Gasteiger partial charge on any atom is -0.347 e. The van der Waals surface area contributed by atoms with Crippen molar-refractivity contribution in [2.75, 3.05) is 0 Å². The first-order chi connectivity index (χ1) is 12.3. The molecule has 2 heterocycles. The fourth-order valence-electron chi connectivity index (χ4n) is 2.36. The van der Waals surface area contributed by atoms with Crippen molar-refractivity contribution in [2.45, 2.75) is 19.2 Å². The molecule has 1 amide bonds. The van der Waals surface area contributed by atoms with E-state index < -0.39 is 10.0 Å². The van der Waals surface area contributed by atoms with Gasteiger partial charge in [0.1, 0.15) is 9.88 Å².